The number of amides is 1. The van der Waals surface area contributed by atoms with Gasteiger partial charge >= 0.3 is 6.18 Å². The zero-order valence-corrected chi connectivity index (χ0v) is 15.5. The van der Waals surface area contributed by atoms with Crippen LogP contribution in [0.4, 0.5) is 13.2 Å². The second kappa shape index (κ2) is 7.13. The summed E-state index contributed by atoms with van der Waals surface area (Å²) >= 11 is 5.76. The van der Waals surface area contributed by atoms with Crippen molar-refractivity contribution in [1.82, 2.24) is 10.3 Å². The van der Waals surface area contributed by atoms with E-state index in [2.05, 4.69) is 10.3 Å². The van der Waals surface area contributed by atoms with Gasteiger partial charge in [-0.1, -0.05) is 29.8 Å². The zero-order chi connectivity index (χ0) is 22.5. The molecular weight excluding hydrogens is 433 g/mol. The lowest BCUT2D eigenvalue weighted by Crippen LogP contribution is -2.52. The number of pyridine rings is 1. The van der Waals surface area contributed by atoms with Crippen molar-refractivity contribution in [2.24, 2.45) is 0 Å². The lowest BCUT2D eigenvalue weighted by molar-refractivity contribution is -0.181. The molecule has 1 aromatic carbocycles. The highest BCUT2D eigenvalue weighted by molar-refractivity contribution is 6.32. The number of rotatable bonds is 3. The summed E-state index contributed by atoms with van der Waals surface area (Å²) in [5.74, 6) is -7.59. The molecule has 30 heavy (non-hydrogen) atoms. The van der Waals surface area contributed by atoms with E-state index in [0.717, 1.165) is 24.4 Å². The number of hydrogen-bond donors (Lipinski definition) is 6. The van der Waals surface area contributed by atoms with E-state index in [-0.39, 0.29) is 5.56 Å². The molecule has 160 valence electrons. The maximum atomic E-state index is 13.0. The third-order valence-corrected chi connectivity index (χ3v) is 5.02. The predicted octanol–water partition coefficient (Wildman–Crippen LogP) is 1.74. The molecule has 1 amide bonds. The molecular formula is C18H14ClF3N2O6. The lowest BCUT2D eigenvalue weighted by Gasteiger charge is -2.36. The summed E-state index contributed by atoms with van der Waals surface area (Å²) < 4.78 is 38.9. The maximum absolute atomic E-state index is 13.0. The van der Waals surface area contributed by atoms with Gasteiger partial charge in [-0.25, -0.2) is 0 Å². The summed E-state index contributed by atoms with van der Waals surface area (Å²) in [4.78, 5) is 16.3. The van der Waals surface area contributed by atoms with Crippen LogP contribution >= 0.6 is 11.6 Å². The minimum atomic E-state index is -4.73. The Morgan fingerprint density at radius 3 is 2.40 bits per heavy atom. The molecule has 0 bridgehead atoms. The van der Waals surface area contributed by atoms with Crippen molar-refractivity contribution in [2.45, 2.75) is 24.1 Å². The fourth-order valence-electron chi connectivity index (χ4n) is 3.02. The molecule has 0 spiro atoms. The van der Waals surface area contributed by atoms with Crippen LogP contribution in [0.15, 0.2) is 48.0 Å². The van der Waals surface area contributed by atoms with Crippen molar-refractivity contribution in [3.8, 4) is 0 Å². The van der Waals surface area contributed by atoms with E-state index in [4.69, 9.17) is 11.6 Å². The van der Waals surface area contributed by atoms with Crippen LogP contribution in [0.3, 0.4) is 0 Å². The van der Waals surface area contributed by atoms with Crippen LogP contribution in [-0.4, -0.2) is 36.4 Å². The predicted molar refractivity (Wildman–Crippen MR) is 94.8 cm³/mol. The summed E-state index contributed by atoms with van der Waals surface area (Å²) in [6, 6.07) is 5.28. The maximum Gasteiger partial charge on any atom is 0.417 e. The van der Waals surface area contributed by atoms with Crippen LogP contribution in [0.5, 0.6) is 0 Å². The molecule has 0 fully saturated rings. The Morgan fingerprint density at radius 1 is 1.10 bits per heavy atom. The molecule has 0 saturated carbocycles. The molecule has 1 heterocycles. The van der Waals surface area contributed by atoms with E-state index >= 15 is 0 Å². The molecule has 1 aliphatic rings. The van der Waals surface area contributed by atoms with E-state index < -0.39 is 63.4 Å². The monoisotopic (exact) mass is 446 g/mol. The average molecular weight is 447 g/mol. The minimum Gasteiger partial charge on any atom is -0.505 e. The van der Waals surface area contributed by atoms with E-state index in [1.54, 1.807) is 0 Å². The number of fused-ring (bicyclic) bond motifs is 1. The van der Waals surface area contributed by atoms with Crippen molar-refractivity contribution in [3.05, 3.63) is 75.5 Å². The Labute approximate surface area is 171 Å². The van der Waals surface area contributed by atoms with Gasteiger partial charge in [-0.05, 0) is 17.7 Å². The Kier molecular flexibility index (Phi) is 5.19. The van der Waals surface area contributed by atoms with Crippen LogP contribution in [0.2, 0.25) is 5.02 Å². The SMILES string of the molecule is O=C(NCc1cccc(C(F)(F)F)c1Cl)[C@@]1(O)C(O)=C(O)C(O)(O)c2ncccc21. The summed E-state index contributed by atoms with van der Waals surface area (Å²) in [5.41, 5.74) is -5.56. The second-order valence-corrected chi connectivity index (χ2v) is 6.82. The van der Waals surface area contributed by atoms with Gasteiger partial charge in [0.05, 0.1) is 10.6 Å². The van der Waals surface area contributed by atoms with Gasteiger partial charge < -0.3 is 30.8 Å². The molecule has 6 N–H and O–H groups in total. The molecule has 3 rings (SSSR count). The molecule has 2 aromatic rings. The third-order valence-electron chi connectivity index (χ3n) is 4.58. The van der Waals surface area contributed by atoms with E-state index in [9.17, 15) is 43.5 Å². The van der Waals surface area contributed by atoms with Gasteiger partial charge in [-0.15, -0.1) is 0 Å². The normalized spacial score (nSPS) is 20.6. The number of carbonyl (C=O) groups excluding carboxylic acids is 1. The fraction of sp³-hybridized carbons (Fsp3) is 0.222. The third kappa shape index (κ3) is 3.25. The molecule has 0 unspecified atom stereocenters. The van der Waals surface area contributed by atoms with Gasteiger partial charge in [0.1, 0.15) is 5.69 Å². The molecule has 0 radical (unpaired) electrons. The number of aromatic nitrogens is 1. The number of alkyl halides is 3. The topological polar surface area (TPSA) is 143 Å². The van der Waals surface area contributed by atoms with Crippen LogP contribution < -0.4 is 5.32 Å². The first-order valence-corrected chi connectivity index (χ1v) is 8.59. The van der Waals surface area contributed by atoms with E-state index in [1.165, 1.54) is 12.1 Å². The van der Waals surface area contributed by atoms with Crippen molar-refractivity contribution in [2.75, 3.05) is 0 Å². The first-order chi connectivity index (χ1) is 13.8. The highest BCUT2D eigenvalue weighted by atomic mass is 35.5. The summed E-state index contributed by atoms with van der Waals surface area (Å²) in [6.07, 6.45) is -3.65. The van der Waals surface area contributed by atoms with E-state index in [0.29, 0.717) is 0 Å². The highest BCUT2D eigenvalue weighted by Gasteiger charge is 2.56. The number of aliphatic hydroxyl groups excluding tert-OH is 2. The van der Waals surface area contributed by atoms with Gasteiger partial charge in [0, 0.05) is 18.3 Å². The Balaban J connectivity index is 1.97. The smallest absolute Gasteiger partial charge is 0.417 e. The molecule has 1 aromatic heterocycles. The van der Waals surface area contributed by atoms with Gasteiger partial charge in [-0.3, -0.25) is 9.78 Å². The van der Waals surface area contributed by atoms with Crippen molar-refractivity contribution < 1.29 is 43.5 Å². The van der Waals surface area contributed by atoms with Gasteiger partial charge in [-0.2, -0.15) is 13.2 Å². The van der Waals surface area contributed by atoms with Crippen molar-refractivity contribution in [1.29, 1.82) is 0 Å². The number of halogens is 4. The van der Waals surface area contributed by atoms with Gasteiger partial charge in [0.15, 0.2) is 5.76 Å². The number of nitrogens with zero attached hydrogens (tertiary/aromatic N) is 1. The van der Waals surface area contributed by atoms with Crippen molar-refractivity contribution >= 4 is 17.5 Å². The molecule has 0 aliphatic heterocycles. The Bertz CT molecular complexity index is 1060. The number of carbonyl (C=O) groups is 1. The standard InChI is InChI=1S/C18H14ClF3N2O6/c19-11-8(3-1-4-9(11)18(20,21)22)7-24-15(27)16(28)10-5-2-6-23-12(10)17(29,30)14(26)13(16)25/h1-6,25-26,28-30H,7H2,(H,24,27)/t16-/m0/s1. The molecule has 1 atom stereocenters. The van der Waals surface area contributed by atoms with Gasteiger partial charge in [0.2, 0.25) is 11.4 Å². The lowest BCUT2D eigenvalue weighted by atomic mass is 9.80. The number of hydrogen-bond acceptors (Lipinski definition) is 7. The van der Waals surface area contributed by atoms with Crippen LogP contribution in [-0.2, 0) is 28.9 Å². The largest absolute Gasteiger partial charge is 0.505 e. The molecule has 8 nitrogen and oxygen atoms in total. The average Bonchev–Trinajstić information content (AvgIpc) is 2.69. The zero-order valence-electron chi connectivity index (χ0n) is 14.8. The van der Waals surface area contributed by atoms with E-state index in [1.807, 2.05) is 0 Å². The summed E-state index contributed by atoms with van der Waals surface area (Å²) in [5, 5.41) is 52.3. The van der Waals surface area contributed by atoms with Crippen molar-refractivity contribution in [3.63, 3.8) is 0 Å². The first-order valence-electron chi connectivity index (χ1n) is 8.22. The highest BCUT2D eigenvalue weighted by Crippen LogP contribution is 2.43. The first kappa shape index (κ1) is 21.8. The molecule has 1 aliphatic carbocycles. The summed E-state index contributed by atoms with van der Waals surface area (Å²) in [6.45, 7) is -0.586. The second-order valence-electron chi connectivity index (χ2n) is 6.44. The fourth-order valence-corrected chi connectivity index (χ4v) is 3.32. The number of nitrogens with one attached hydrogen (secondary N) is 1. The number of benzene rings is 1. The van der Waals surface area contributed by atoms with Crippen LogP contribution in [0, 0.1) is 0 Å². The Morgan fingerprint density at radius 2 is 1.77 bits per heavy atom. The minimum absolute atomic E-state index is 0.142. The quantitative estimate of drug-likeness (QED) is 0.394. The van der Waals surface area contributed by atoms with Gasteiger partial charge in [0.25, 0.3) is 11.7 Å². The summed E-state index contributed by atoms with van der Waals surface area (Å²) in [7, 11) is 0. The molecule has 0 saturated heterocycles. The van der Waals surface area contributed by atoms with Crippen LogP contribution in [0.1, 0.15) is 22.4 Å². The van der Waals surface area contributed by atoms with Crippen LogP contribution in [0.25, 0.3) is 0 Å². The Hall–Kier alpha value is -2.86. The number of aliphatic hydroxyl groups is 5. The molecule has 12 heteroatoms.